The van der Waals surface area contributed by atoms with Gasteiger partial charge in [0.1, 0.15) is 0 Å². The first-order chi connectivity index (χ1) is 15.9. The van der Waals surface area contributed by atoms with Gasteiger partial charge in [0.15, 0.2) is 0 Å². The van der Waals surface area contributed by atoms with E-state index in [1.54, 1.807) is 6.07 Å². The Morgan fingerprint density at radius 3 is 2.18 bits per heavy atom. The molecule has 1 aromatic rings. The van der Waals surface area contributed by atoms with E-state index < -0.39 is 24.5 Å². The second-order valence-electron chi connectivity index (χ2n) is 8.97. The quantitative estimate of drug-likeness (QED) is 0.620. The molecule has 3 fully saturated rings. The number of halogens is 7. The fourth-order valence-corrected chi connectivity index (χ4v) is 5.01. The number of hydrogen-bond donors (Lipinski definition) is 1. The summed E-state index contributed by atoms with van der Waals surface area (Å²) >= 11 is 6.25. The number of piperazine rings is 1. The van der Waals surface area contributed by atoms with Crippen molar-refractivity contribution in [2.24, 2.45) is 11.8 Å². The average Bonchev–Trinajstić information content (AvgIpc) is 3.34. The van der Waals surface area contributed by atoms with Crippen LogP contribution in [-0.2, 0) is 11.3 Å². The monoisotopic (exact) mass is 514 g/mol. The van der Waals surface area contributed by atoms with Crippen LogP contribution in [0.3, 0.4) is 0 Å². The van der Waals surface area contributed by atoms with Crippen LogP contribution in [0.15, 0.2) is 18.2 Å². The number of carbonyl (C=O) groups excluding carboxylic acids is 1. The van der Waals surface area contributed by atoms with Crippen molar-refractivity contribution in [3.8, 4) is 0 Å². The van der Waals surface area contributed by atoms with Crippen LogP contribution in [0.1, 0.15) is 5.56 Å². The highest BCUT2D eigenvalue weighted by Crippen LogP contribution is 2.37. The third kappa shape index (κ3) is 5.65. The van der Waals surface area contributed by atoms with Crippen LogP contribution in [-0.4, -0.2) is 86.7 Å². The number of fused-ring (bicyclic) bond motifs is 1. The number of anilines is 1. The normalized spacial score (nSPS) is 24.1. The van der Waals surface area contributed by atoms with E-state index in [1.807, 2.05) is 17.0 Å². The van der Waals surface area contributed by atoms with Gasteiger partial charge in [-0.15, -0.1) is 0 Å². The number of nitrogens with zero attached hydrogens (tertiary/aromatic N) is 3. The van der Waals surface area contributed by atoms with E-state index in [0.29, 0.717) is 23.4 Å². The van der Waals surface area contributed by atoms with Crippen molar-refractivity contribution in [2.45, 2.75) is 25.0 Å². The summed E-state index contributed by atoms with van der Waals surface area (Å²) in [6.07, 6.45) is -17.2. The lowest BCUT2D eigenvalue weighted by Crippen LogP contribution is -2.52. The second kappa shape index (κ2) is 9.62. The topological polar surface area (TPSA) is 48.1 Å². The number of carbonyl (C=O) groups is 1. The van der Waals surface area contributed by atoms with Gasteiger partial charge in [-0.1, -0.05) is 17.7 Å². The van der Waals surface area contributed by atoms with Gasteiger partial charge < -0.3 is 19.9 Å². The highest BCUT2D eigenvalue weighted by molar-refractivity contribution is 6.30. The summed E-state index contributed by atoms with van der Waals surface area (Å²) in [5.41, 5.74) is 2.06. The standard InChI is InChI=1S/C21H25ClF6N4O2/c22-16-2-1-13(17(7-16)32-11-14-8-29-9-15(14)12-32)10-30-3-5-31(6-4-30)19(33)34-18(20(23,24)25)21(26,27)28/h1-2,7,14-15,18,29H,3-6,8-12H2. The fraction of sp³-hybridized carbons (Fsp3) is 0.667. The largest absolute Gasteiger partial charge is 0.434 e. The Balaban J connectivity index is 1.35. The number of rotatable bonds is 4. The molecule has 0 aliphatic carbocycles. The summed E-state index contributed by atoms with van der Waals surface area (Å²) in [6.45, 7) is 4.83. The number of hydrogen-bond acceptors (Lipinski definition) is 5. The molecule has 6 nitrogen and oxygen atoms in total. The van der Waals surface area contributed by atoms with Crippen molar-refractivity contribution in [3.05, 3.63) is 28.8 Å². The maximum atomic E-state index is 12.7. The van der Waals surface area contributed by atoms with E-state index in [4.69, 9.17) is 11.6 Å². The minimum atomic E-state index is -5.73. The zero-order valence-corrected chi connectivity index (χ0v) is 18.9. The first-order valence-corrected chi connectivity index (χ1v) is 11.3. The Kier molecular flexibility index (Phi) is 7.12. The van der Waals surface area contributed by atoms with Crippen molar-refractivity contribution in [2.75, 3.05) is 57.3 Å². The predicted octanol–water partition coefficient (Wildman–Crippen LogP) is 3.74. The number of amides is 1. The molecule has 0 radical (unpaired) electrons. The number of ether oxygens (including phenoxy) is 1. The van der Waals surface area contributed by atoms with Gasteiger partial charge >= 0.3 is 18.4 Å². The van der Waals surface area contributed by atoms with Crippen molar-refractivity contribution in [3.63, 3.8) is 0 Å². The summed E-state index contributed by atoms with van der Waals surface area (Å²) in [7, 11) is 0. The van der Waals surface area contributed by atoms with Gasteiger partial charge in [0, 0.05) is 69.6 Å². The third-order valence-corrected chi connectivity index (χ3v) is 6.85. The molecule has 3 heterocycles. The van der Waals surface area contributed by atoms with Crippen molar-refractivity contribution in [1.29, 1.82) is 0 Å². The summed E-state index contributed by atoms with van der Waals surface area (Å²) < 4.78 is 79.9. The molecule has 0 saturated carbocycles. The molecule has 3 aliphatic rings. The molecule has 4 rings (SSSR count). The maximum absolute atomic E-state index is 12.7. The Morgan fingerprint density at radius 2 is 1.62 bits per heavy atom. The van der Waals surface area contributed by atoms with E-state index >= 15 is 0 Å². The average molecular weight is 515 g/mol. The molecule has 0 spiro atoms. The molecular formula is C21H25ClF6N4O2. The van der Waals surface area contributed by atoms with Gasteiger partial charge in [-0.05, 0) is 29.5 Å². The van der Waals surface area contributed by atoms with Crippen LogP contribution in [0.2, 0.25) is 5.02 Å². The van der Waals surface area contributed by atoms with Gasteiger partial charge in [0.05, 0.1) is 0 Å². The van der Waals surface area contributed by atoms with E-state index in [0.717, 1.165) is 42.3 Å². The summed E-state index contributed by atoms with van der Waals surface area (Å²) in [6, 6.07) is 5.65. The minimum Gasteiger partial charge on any atom is -0.426 e. The zero-order valence-electron chi connectivity index (χ0n) is 18.1. The fourth-order valence-electron chi connectivity index (χ4n) is 4.84. The van der Waals surface area contributed by atoms with E-state index in [1.165, 1.54) is 0 Å². The van der Waals surface area contributed by atoms with Crippen LogP contribution in [0, 0.1) is 11.8 Å². The molecule has 0 aromatic heterocycles. The second-order valence-corrected chi connectivity index (χ2v) is 9.40. The predicted molar refractivity (Wildman–Crippen MR) is 113 cm³/mol. The van der Waals surface area contributed by atoms with Crippen LogP contribution in [0.5, 0.6) is 0 Å². The summed E-state index contributed by atoms with van der Waals surface area (Å²) in [4.78, 5) is 17.2. The molecule has 3 aliphatic heterocycles. The van der Waals surface area contributed by atoms with Crippen molar-refractivity contribution >= 4 is 23.4 Å². The van der Waals surface area contributed by atoms with E-state index in [-0.39, 0.29) is 26.2 Å². The number of nitrogens with one attached hydrogen (secondary N) is 1. The van der Waals surface area contributed by atoms with Crippen LogP contribution in [0.4, 0.5) is 36.8 Å². The van der Waals surface area contributed by atoms with Crippen LogP contribution < -0.4 is 10.2 Å². The molecule has 2 atom stereocenters. The lowest BCUT2D eigenvalue weighted by Gasteiger charge is -2.36. The molecule has 13 heteroatoms. The van der Waals surface area contributed by atoms with Crippen molar-refractivity contribution in [1.82, 2.24) is 15.1 Å². The smallest absolute Gasteiger partial charge is 0.426 e. The lowest BCUT2D eigenvalue weighted by molar-refractivity contribution is -0.308. The summed E-state index contributed by atoms with van der Waals surface area (Å²) in [5, 5.41) is 4.02. The molecule has 1 N–H and O–H groups in total. The highest BCUT2D eigenvalue weighted by atomic mass is 35.5. The lowest BCUT2D eigenvalue weighted by atomic mass is 10.0. The van der Waals surface area contributed by atoms with Gasteiger partial charge in [0.2, 0.25) is 0 Å². The molecule has 0 bridgehead atoms. The summed E-state index contributed by atoms with van der Waals surface area (Å²) in [5.74, 6) is 1.16. The Bertz CT molecular complexity index is 865. The first kappa shape index (κ1) is 25.2. The molecule has 1 aromatic carbocycles. The first-order valence-electron chi connectivity index (χ1n) is 11.0. The Morgan fingerprint density at radius 1 is 1.03 bits per heavy atom. The van der Waals surface area contributed by atoms with Gasteiger partial charge in [-0.25, -0.2) is 4.79 Å². The zero-order chi connectivity index (χ0) is 24.7. The van der Waals surface area contributed by atoms with Crippen LogP contribution >= 0.6 is 11.6 Å². The molecule has 2 unspecified atom stereocenters. The number of alkyl halides is 6. The minimum absolute atomic E-state index is 0.0380. The van der Waals surface area contributed by atoms with Gasteiger partial charge in [-0.3, -0.25) is 4.90 Å². The molecule has 3 saturated heterocycles. The van der Waals surface area contributed by atoms with Gasteiger partial charge in [0.25, 0.3) is 6.10 Å². The Hall–Kier alpha value is -1.92. The van der Waals surface area contributed by atoms with Gasteiger partial charge in [-0.2, -0.15) is 26.3 Å². The molecular weight excluding hydrogens is 490 g/mol. The van der Waals surface area contributed by atoms with E-state index in [9.17, 15) is 31.1 Å². The van der Waals surface area contributed by atoms with Crippen molar-refractivity contribution < 1.29 is 35.9 Å². The van der Waals surface area contributed by atoms with Crippen LogP contribution in [0.25, 0.3) is 0 Å². The number of benzene rings is 1. The molecule has 1 amide bonds. The SMILES string of the molecule is O=C(OC(C(F)(F)F)C(F)(F)F)N1CCN(Cc2ccc(Cl)cc2N2CC3CNCC3C2)CC1. The molecule has 34 heavy (non-hydrogen) atoms. The highest BCUT2D eigenvalue weighted by Gasteiger charge is 2.60. The Labute approximate surface area is 197 Å². The maximum Gasteiger partial charge on any atom is 0.434 e. The van der Waals surface area contributed by atoms with E-state index in [2.05, 4.69) is 15.0 Å². The third-order valence-electron chi connectivity index (χ3n) is 6.62. The molecule has 190 valence electrons.